The maximum absolute atomic E-state index is 13.6. The smallest absolute Gasteiger partial charge is 0.218 e. The molecule has 0 spiro atoms. The predicted molar refractivity (Wildman–Crippen MR) is 86.9 cm³/mol. The van der Waals surface area contributed by atoms with Crippen LogP contribution in [-0.4, -0.2) is 13.6 Å². The molecule has 0 amide bonds. The molecule has 0 fully saturated rings. The summed E-state index contributed by atoms with van der Waals surface area (Å²) in [7, 11) is -3.71. The molecule has 3 aromatic rings. The van der Waals surface area contributed by atoms with Crippen molar-refractivity contribution in [2.75, 3.05) is 0 Å². The van der Waals surface area contributed by atoms with Crippen molar-refractivity contribution in [2.45, 2.75) is 11.8 Å². The van der Waals surface area contributed by atoms with E-state index in [4.69, 9.17) is 0 Å². The Balaban J connectivity index is 1.93. The molecule has 0 saturated carbocycles. The summed E-state index contributed by atoms with van der Waals surface area (Å²) in [5, 5.41) is 3.61. The van der Waals surface area contributed by atoms with E-state index < -0.39 is 21.9 Å². The van der Waals surface area contributed by atoms with Gasteiger partial charge in [-0.3, -0.25) is 0 Å². The molecule has 124 valence electrons. The zero-order valence-electron chi connectivity index (χ0n) is 12.6. The van der Waals surface area contributed by atoms with E-state index in [0.717, 1.165) is 0 Å². The van der Waals surface area contributed by atoms with E-state index in [-0.39, 0.29) is 5.75 Å². The fourth-order valence-corrected chi connectivity index (χ4v) is 3.64. The van der Waals surface area contributed by atoms with Crippen molar-refractivity contribution in [3.05, 3.63) is 89.6 Å². The second-order valence-electron chi connectivity index (χ2n) is 5.27. The minimum atomic E-state index is -3.71. The number of hydrogen-bond donors (Lipinski definition) is 1. The van der Waals surface area contributed by atoms with Gasteiger partial charge in [-0.15, -0.1) is 0 Å². The highest BCUT2D eigenvalue weighted by molar-refractivity contribution is 7.88. The average molecular weight is 346 g/mol. The van der Waals surface area contributed by atoms with Gasteiger partial charge in [0.05, 0.1) is 11.7 Å². The monoisotopic (exact) mass is 346 g/mol. The first-order valence-corrected chi connectivity index (χ1v) is 8.88. The Bertz CT molecular complexity index is 897. The fraction of sp³-hybridized carbons (Fsp3) is 0.118. The molecule has 0 saturated heterocycles. The minimum absolute atomic E-state index is 0.300. The second kappa shape index (κ2) is 6.94. The largest absolute Gasteiger partial charge is 0.364 e. The van der Waals surface area contributed by atoms with Crippen LogP contribution in [0.1, 0.15) is 22.9 Å². The van der Waals surface area contributed by atoms with Crippen molar-refractivity contribution in [2.24, 2.45) is 0 Å². The third kappa shape index (κ3) is 4.06. The van der Waals surface area contributed by atoms with Crippen LogP contribution in [0.3, 0.4) is 0 Å². The van der Waals surface area contributed by atoms with Crippen molar-refractivity contribution in [1.82, 2.24) is 9.88 Å². The summed E-state index contributed by atoms with van der Waals surface area (Å²) in [4.78, 5) is 0. The summed E-state index contributed by atoms with van der Waals surface area (Å²) in [5.41, 5.74) is 1.53. The lowest BCUT2D eigenvalue weighted by atomic mass is 10.00. The predicted octanol–water partition coefficient (Wildman–Crippen LogP) is 3.02. The van der Waals surface area contributed by atoms with Gasteiger partial charge in [0.25, 0.3) is 0 Å². The molecule has 1 aromatic heterocycles. The molecule has 2 aromatic carbocycles. The van der Waals surface area contributed by atoms with Crippen LogP contribution in [0.15, 0.2) is 71.4 Å². The molecule has 7 heteroatoms. The van der Waals surface area contributed by atoms with Crippen LogP contribution >= 0.6 is 0 Å². The van der Waals surface area contributed by atoms with Gasteiger partial charge in [0.15, 0.2) is 0 Å². The number of sulfonamides is 1. The fourth-order valence-electron chi connectivity index (χ4n) is 2.39. The van der Waals surface area contributed by atoms with Gasteiger partial charge in [-0.1, -0.05) is 47.6 Å². The molecule has 0 aliphatic carbocycles. The lowest BCUT2D eigenvalue weighted by Crippen LogP contribution is -2.30. The molecule has 1 heterocycles. The van der Waals surface area contributed by atoms with Gasteiger partial charge >= 0.3 is 0 Å². The highest BCUT2D eigenvalue weighted by Crippen LogP contribution is 2.24. The molecule has 1 unspecified atom stereocenters. The van der Waals surface area contributed by atoms with Crippen LogP contribution in [0.5, 0.6) is 0 Å². The molecule has 1 atom stereocenters. The molecule has 3 rings (SSSR count). The first-order chi connectivity index (χ1) is 11.5. The van der Waals surface area contributed by atoms with E-state index in [1.807, 2.05) is 6.07 Å². The summed E-state index contributed by atoms with van der Waals surface area (Å²) in [5.74, 6) is -0.744. The van der Waals surface area contributed by atoms with Gasteiger partial charge < -0.3 is 4.52 Å². The molecular formula is C17H15FN2O3S. The SMILES string of the molecule is O=S(=O)(Cc1ccon1)NC(c1ccccc1)c1cccc(F)c1. The van der Waals surface area contributed by atoms with E-state index in [9.17, 15) is 12.8 Å². The standard InChI is InChI=1S/C17H15FN2O3S/c18-15-8-4-7-14(11-15)17(13-5-2-1-3-6-13)20-24(21,22)12-16-9-10-23-19-16/h1-11,17,20H,12H2. The van der Waals surface area contributed by atoms with Gasteiger partial charge in [0.1, 0.15) is 17.8 Å². The summed E-state index contributed by atoms with van der Waals surface area (Å²) in [6.45, 7) is 0. The maximum Gasteiger partial charge on any atom is 0.218 e. The number of nitrogens with zero attached hydrogens (tertiary/aromatic N) is 1. The van der Waals surface area contributed by atoms with Crippen LogP contribution in [0.2, 0.25) is 0 Å². The van der Waals surface area contributed by atoms with E-state index in [1.54, 1.807) is 36.4 Å². The van der Waals surface area contributed by atoms with Gasteiger partial charge in [0.2, 0.25) is 10.0 Å². The zero-order chi connectivity index (χ0) is 17.0. The number of halogens is 1. The Morgan fingerprint density at radius 2 is 1.79 bits per heavy atom. The zero-order valence-corrected chi connectivity index (χ0v) is 13.4. The Kier molecular flexibility index (Phi) is 4.73. The molecule has 0 aliphatic heterocycles. The van der Waals surface area contributed by atoms with Crippen molar-refractivity contribution in [3.8, 4) is 0 Å². The number of aromatic nitrogens is 1. The number of rotatable bonds is 6. The molecule has 24 heavy (non-hydrogen) atoms. The Morgan fingerprint density at radius 1 is 1.04 bits per heavy atom. The van der Waals surface area contributed by atoms with E-state index in [1.165, 1.54) is 24.5 Å². The minimum Gasteiger partial charge on any atom is -0.364 e. The third-order valence-electron chi connectivity index (χ3n) is 3.44. The third-order valence-corrected chi connectivity index (χ3v) is 4.71. The van der Waals surface area contributed by atoms with E-state index in [2.05, 4.69) is 14.4 Å². The molecule has 0 radical (unpaired) electrons. The Morgan fingerprint density at radius 3 is 2.46 bits per heavy atom. The van der Waals surface area contributed by atoms with Gasteiger partial charge in [0, 0.05) is 6.07 Å². The number of nitrogens with one attached hydrogen (secondary N) is 1. The van der Waals surface area contributed by atoms with Gasteiger partial charge in [-0.2, -0.15) is 0 Å². The molecular weight excluding hydrogens is 331 g/mol. The van der Waals surface area contributed by atoms with Crippen molar-refractivity contribution in [1.29, 1.82) is 0 Å². The first-order valence-electron chi connectivity index (χ1n) is 7.23. The lowest BCUT2D eigenvalue weighted by Gasteiger charge is -2.19. The molecule has 5 nitrogen and oxygen atoms in total. The van der Waals surface area contributed by atoms with Crippen LogP contribution in [0.25, 0.3) is 0 Å². The summed E-state index contributed by atoms with van der Waals surface area (Å²) >= 11 is 0. The van der Waals surface area contributed by atoms with Crippen LogP contribution < -0.4 is 4.72 Å². The van der Waals surface area contributed by atoms with Crippen molar-refractivity contribution >= 4 is 10.0 Å². The number of benzene rings is 2. The molecule has 0 bridgehead atoms. The summed E-state index contributed by atoms with van der Waals surface area (Å²) in [6.07, 6.45) is 1.31. The quantitative estimate of drug-likeness (QED) is 0.745. The maximum atomic E-state index is 13.6. The van der Waals surface area contributed by atoms with E-state index in [0.29, 0.717) is 16.8 Å². The molecule has 1 N–H and O–H groups in total. The topological polar surface area (TPSA) is 72.2 Å². The second-order valence-corrected chi connectivity index (χ2v) is 7.02. The lowest BCUT2D eigenvalue weighted by molar-refractivity contribution is 0.413. The highest BCUT2D eigenvalue weighted by atomic mass is 32.2. The Hall–Kier alpha value is -2.51. The van der Waals surface area contributed by atoms with E-state index >= 15 is 0 Å². The van der Waals surface area contributed by atoms with Crippen molar-refractivity contribution in [3.63, 3.8) is 0 Å². The number of hydrogen-bond acceptors (Lipinski definition) is 4. The van der Waals surface area contributed by atoms with Crippen LogP contribution in [-0.2, 0) is 15.8 Å². The van der Waals surface area contributed by atoms with Crippen LogP contribution in [0, 0.1) is 5.82 Å². The van der Waals surface area contributed by atoms with Gasteiger partial charge in [-0.05, 0) is 23.3 Å². The summed E-state index contributed by atoms with van der Waals surface area (Å²) in [6, 6.07) is 15.6. The van der Waals surface area contributed by atoms with Crippen molar-refractivity contribution < 1.29 is 17.3 Å². The average Bonchev–Trinajstić information content (AvgIpc) is 3.06. The molecule has 0 aliphatic rings. The van der Waals surface area contributed by atoms with Crippen LogP contribution in [0.4, 0.5) is 4.39 Å². The van der Waals surface area contributed by atoms with Gasteiger partial charge in [-0.25, -0.2) is 17.5 Å². The Labute approximate surface area is 139 Å². The summed E-state index contributed by atoms with van der Waals surface area (Å²) < 4.78 is 45.8. The first kappa shape index (κ1) is 16.4. The highest BCUT2D eigenvalue weighted by Gasteiger charge is 2.22. The normalized spacial score (nSPS) is 12.9.